The molecular formula is C18H21FN2O2. The first-order valence-electron chi connectivity index (χ1n) is 7.96. The normalized spacial score (nSPS) is 16.9. The second kappa shape index (κ2) is 7.53. The van der Waals surface area contributed by atoms with Crippen molar-refractivity contribution >= 4 is 0 Å². The molecule has 23 heavy (non-hydrogen) atoms. The Balaban J connectivity index is 1.75. The Morgan fingerprint density at radius 2 is 2.09 bits per heavy atom. The van der Waals surface area contributed by atoms with Gasteiger partial charge in [0.05, 0.1) is 6.20 Å². The van der Waals surface area contributed by atoms with Crippen LogP contribution in [0.15, 0.2) is 36.7 Å². The van der Waals surface area contributed by atoms with Crippen molar-refractivity contribution in [3.8, 4) is 16.9 Å². The van der Waals surface area contributed by atoms with Gasteiger partial charge >= 0.3 is 0 Å². The fraction of sp³-hybridized carbons (Fsp3) is 0.389. The minimum atomic E-state index is -0.277. The molecule has 0 amide bonds. The van der Waals surface area contributed by atoms with Gasteiger partial charge in [0.25, 0.3) is 0 Å². The van der Waals surface area contributed by atoms with Crippen LogP contribution in [0.1, 0.15) is 18.4 Å². The molecule has 122 valence electrons. The van der Waals surface area contributed by atoms with Gasteiger partial charge in [-0.15, -0.1) is 0 Å². The fourth-order valence-corrected chi connectivity index (χ4v) is 2.59. The summed E-state index contributed by atoms with van der Waals surface area (Å²) in [6, 6.07) is 7.24. The molecule has 0 bridgehead atoms. The molecule has 2 N–H and O–H groups in total. The number of benzene rings is 1. The number of pyridine rings is 1. The first kappa shape index (κ1) is 15.9. The Morgan fingerprint density at radius 1 is 1.22 bits per heavy atom. The first-order chi connectivity index (χ1) is 11.2. The van der Waals surface area contributed by atoms with Crippen molar-refractivity contribution < 1.29 is 14.2 Å². The third kappa shape index (κ3) is 4.27. The lowest BCUT2D eigenvalue weighted by molar-refractivity contribution is 0.217. The Hall–Kier alpha value is -1.98. The number of ether oxygens (including phenoxy) is 1. The summed E-state index contributed by atoms with van der Waals surface area (Å²) in [5.74, 6) is 0.415. The summed E-state index contributed by atoms with van der Waals surface area (Å²) >= 11 is 0. The highest BCUT2D eigenvalue weighted by molar-refractivity contribution is 5.64. The van der Waals surface area contributed by atoms with E-state index in [4.69, 9.17) is 9.84 Å². The molecular weight excluding hydrogens is 295 g/mol. The Kier molecular flexibility index (Phi) is 5.20. The number of aliphatic hydroxyl groups excluding tert-OH is 1. The summed E-state index contributed by atoms with van der Waals surface area (Å²) in [5, 5.41) is 12.2. The number of aromatic nitrogens is 1. The molecule has 1 unspecified atom stereocenters. The lowest BCUT2D eigenvalue weighted by atomic mass is 10.0. The van der Waals surface area contributed by atoms with Crippen LogP contribution in [0.5, 0.6) is 5.75 Å². The number of nitrogens with zero attached hydrogens (tertiary/aromatic N) is 1. The number of rotatable bonds is 7. The number of hydrogen-bond donors (Lipinski definition) is 2. The maximum atomic E-state index is 13.8. The highest BCUT2D eigenvalue weighted by atomic mass is 19.1. The minimum absolute atomic E-state index is 0.103. The molecule has 4 nitrogen and oxygen atoms in total. The lowest BCUT2D eigenvalue weighted by Gasteiger charge is -2.27. The Bertz CT molecular complexity index is 659. The van der Waals surface area contributed by atoms with Crippen LogP contribution in [0.4, 0.5) is 4.39 Å². The minimum Gasteiger partial charge on any atom is -0.490 e. The van der Waals surface area contributed by atoms with Crippen molar-refractivity contribution in [2.24, 2.45) is 0 Å². The van der Waals surface area contributed by atoms with E-state index in [1.165, 1.54) is 12.1 Å². The maximum absolute atomic E-state index is 13.8. The topological polar surface area (TPSA) is 54.4 Å². The summed E-state index contributed by atoms with van der Waals surface area (Å²) in [6.07, 6.45) is 5.79. The van der Waals surface area contributed by atoms with Gasteiger partial charge in [-0.05, 0) is 55.1 Å². The zero-order chi connectivity index (χ0) is 16.1. The van der Waals surface area contributed by atoms with Crippen molar-refractivity contribution in [1.82, 2.24) is 10.3 Å². The molecule has 1 fully saturated rings. The van der Waals surface area contributed by atoms with E-state index in [0.29, 0.717) is 31.2 Å². The molecule has 1 aromatic heterocycles. The largest absolute Gasteiger partial charge is 0.490 e. The number of aliphatic hydroxyl groups is 1. The third-order valence-electron chi connectivity index (χ3n) is 4.00. The summed E-state index contributed by atoms with van der Waals surface area (Å²) in [7, 11) is 0. The Morgan fingerprint density at radius 3 is 2.83 bits per heavy atom. The van der Waals surface area contributed by atoms with Crippen molar-refractivity contribution in [2.75, 3.05) is 19.8 Å². The van der Waals surface area contributed by atoms with E-state index in [0.717, 1.165) is 29.7 Å². The van der Waals surface area contributed by atoms with E-state index in [2.05, 4.69) is 10.3 Å². The predicted molar refractivity (Wildman–Crippen MR) is 86.9 cm³/mol. The average molecular weight is 316 g/mol. The smallest absolute Gasteiger partial charge is 0.138 e. The van der Waals surface area contributed by atoms with Gasteiger partial charge in [0.2, 0.25) is 0 Å². The van der Waals surface area contributed by atoms with E-state index in [1.807, 2.05) is 12.1 Å². The lowest BCUT2D eigenvalue weighted by Crippen LogP contribution is -2.46. The van der Waals surface area contributed by atoms with Crippen LogP contribution < -0.4 is 10.1 Å². The van der Waals surface area contributed by atoms with Crippen molar-refractivity contribution in [3.63, 3.8) is 0 Å². The van der Waals surface area contributed by atoms with E-state index in [-0.39, 0.29) is 12.4 Å². The fourth-order valence-electron chi connectivity index (χ4n) is 2.59. The second-order valence-electron chi connectivity index (χ2n) is 5.84. The summed E-state index contributed by atoms with van der Waals surface area (Å²) in [6.45, 7) is 1.77. The molecule has 0 saturated carbocycles. The molecule has 5 heteroatoms. The molecule has 0 aliphatic carbocycles. The van der Waals surface area contributed by atoms with Crippen molar-refractivity contribution in [1.29, 1.82) is 0 Å². The highest BCUT2D eigenvalue weighted by Gasteiger charge is 2.16. The molecule has 3 rings (SSSR count). The van der Waals surface area contributed by atoms with Gasteiger partial charge in [0.15, 0.2) is 0 Å². The molecule has 1 aliphatic heterocycles. The Labute approximate surface area is 135 Å². The van der Waals surface area contributed by atoms with Crippen LogP contribution in [-0.4, -0.2) is 35.9 Å². The van der Waals surface area contributed by atoms with Crippen LogP contribution in [0.2, 0.25) is 0 Å². The average Bonchev–Trinajstić information content (AvgIpc) is 2.51. The van der Waals surface area contributed by atoms with E-state index >= 15 is 0 Å². The quantitative estimate of drug-likeness (QED) is 0.824. The molecule has 2 aromatic rings. The molecule has 0 radical (unpaired) electrons. The van der Waals surface area contributed by atoms with Gasteiger partial charge in [-0.25, -0.2) is 4.39 Å². The van der Waals surface area contributed by atoms with Gasteiger partial charge in [-0.3, -0.25) is 4.98 Å². The first-order valence-corrected chi connectivity index (χ1v) is 7.96. The van der Waals surface area contributed by atoms with Gasteiger partial charge in [0, 0.05) is 24.4 Å². The number of aryl methyl sites for hydroxylation is 1. The van der Waals surface area contributed by atoms with Crippen LogP contribution in [0, 0.1) is 5.82 Å². The van der Waals surface area contributed by atoms with Crippen molar-refractivity contribution in [3.05, 3.63) is 48.0 Å². The molecule has 1 atom stereocenters. The van der Waals surface area contributed by atoms with E-state index in [9.17, 15) is 4.39 Å². The molecule has 2 heterocycles. The zero-order valence-electron chi connectivity index (χ0n) is 13.0. The van der Waals surface area contributed by atoms with Crippen molar-refractivity contribution in [2.45, 2.75) is 25.3 Å². The SMILES string of the molecule is OCCCc1cc(F)cc(-c2cncc(OCC3CCN3)c2)c1. The monoisotopic (exact) mass is 316 g/mol. The molecule has 1 aromatic carbocycles. The van der Waals surface area contributed by atoms with E-state index in [1.54, 1.807) is 12.4 Å². The molecule has 1 saturated heterocycles. The number of nitrogens with one attached hydrogen (secondary N) is 1. The van der Waals surface area contributed by atoms with Gasteiger partial charge in [-0.1, -0.05) is 6.07 Å². The molecule has 0 spiro atoms. The second-order valence-corrected chi connectivity index (χ2v) is 5.84. The highest BCUT2D eigenvalue weighted by Crippen LogP contribution is 2.25. The van der Waals surface area contributed by atoms with Gasteiger partial charge in [-0.2, -0.15) is 0 Å². The van der Waals surface area contributed by atoms with Crippen LogP contribution >= 0.6 is 0 Å². The number of halogens is 1. The molecule has 1 aliphatic rings. The summed E-state index contributed by atoms with van der Waals surface area (Å²) < 4.78 is 19.6. The summed E-state index contributed by atoms with van der Waals surface area (Å²) in [5.41, 5.74) is 2.48. The van der Waals surface area contributed by atoms with Gasteiger partial charge in [0.1, 0.15) is 18.2 Å². The van der Waals surface area contributed by atoms with Gasteiger partial charge < -0.3 is 15.2 Å². The number of hydrogen-bond acceptors (Lipinski definition) is 4. The predicted octanol–water partition coefficient (Wildman–Crippen LogP) is 2.55. The third-order valence-corrected chi connectivity index (χ3v) is 4.00. The summed E-state index contributed by atoms with van der Waals surface area (Å²) in [4.78, 5) is 4.20. The van der Waals surface area contributed by atoms with Crippen LogP contribution in [0.3, 0.4) is 0 Å². The van der Waals surface area contributed by atoms with E-state index < -0.39 is 0 Å². The van der Waals surface area contributed by atoms with Crippen LogP contribution in [-0.2, 0) is 6.42 Å². The van der Waals surface area contributed by atoms with Crippen LogP contribution in [0.25, 0.3) is 11.1 Å². The zero-order valence-corrected chi connectivity index (χ0v) is 13.0. The maximum Gasteiger partial charge on any atom is 0.138 e. The standard InChI is InChI=1S/C18H21FN2O2/c19-16-7-13(2-1-5-22)6-14(8-16)15-9-18(11-20-10-15)23-12-17-3-4-21-17/h6-11,17,21-22H,1-5,12H2.